The molecule has 0 saturated heterocycles. The number of fused-ring (bicyclic) bond motifs is 9. The van der Waals surface area contributed by atoms with E-state index in [0.717, 1.165) is 44.7 Å². The van der Waals surface area contributed by atoms with Crippen LogP contribution in [0.4, 0.5) is 5.69 Å². The molecule has 2 aliphatic heterocycles. The Hall–Kier alpha value is -3.34. The van der Waals surface area contributed by atoms with E-state index in [-0.39, 0.29) is 17.9 Å². The van der Waals surface area contributed by atoms with E-state index in [1.54, 1.807) is 7.05 Å². The maximum atomic E-state index is 13.0. The van der Waals surface area contributed by atoms with Crippen LogP contribution < -0.4 is 15.9 Å². The quantitative estimate of drug-likeness (QED) is 0.711. The molecule has 2 aromatic rings. The van der Waals surface area contributed by atoms with Gasteiger partial charge in [0.15, 0.2) is 0 Å². The molecule has 5 nitrogen and oxygen atoms in total. The molecule has 1 atom stereocenters. The first-order chi connectivity index (χ1) is 12.7. The number of nitrogens with zero attached hydrogens (tertiary/aromatic N) is 1. The lowest BCUT2D eigenvalue weighted by Gasteiger charge is -2.12. The van der Waals surface area contributed by atoms with Gasteiger partial charge in [0.2, 0.25) is 0 Å². The van der Waals surface area contributed by atoms with Crippen LogP contribution in [0.25, 0.3) is 22.6 Å². The molecule has 126 valence electrons. The van der Waals surface area contributed by atoms with Crippen molar-refractivity contribution in [3.8, 4) is 0 Å². The highest BCUT2D eigenvalue weighted by molar-refractivity contribution is 6.28. The molecule has 0 fully saturated rings. The number of imide groups is 1. The van der Waals surface area contributed by atoms with E-state index in [0.29, 0.717) is 11.1 Å². The standard InChI is InChI=1S/C21H15N3O2/c1-24-20(25)16-14-10-6-2-4-8-12(10)22-18(14)19-15(17(16)21(24)26)11-7-3-5-9-13(11)23-19/h2-6,8-9,12,22-23H,7H2,1H3. The monoisotopic (exact) mass is 341 g/mol. The van der Waals surface area contributed by atoms with E-state index in [4.69, 9.17) is 0 Å². The van der Waals surface area contributed by atoms with Crippen LogP contribution in [-0.4, -0.2) is 34.8 Å². The predicted molar refractivity (Wildman–Crippen MR) is 100 cm³/mol. The lowest BCUT2D eigenvalue weighted by molar-refractivity contribution is 0.0693. The van der Waals surface area contributed by atoms with Gasteiger partial charge in [-0.25, -0.2) is 0 Å². The molecule has 0 radical (unpaired) electrons. The van der Waals surface area contributed by atoms with Gasteiger partial charge in [-0.3, -0.25) is 14.5 Å². The van der Waals surface area contributed by atoms with Crippen molar-refractivity contribution in [1.82, 2.24) is 9.88 Å². The number of rotatable bonds is 0. The summed E-state index contributed by atoms with van der Waals surface area (Å²) in [6, 6.07) is 0.0286. The Kier molecular flexibility index (Phi) is 2.37. The van der Waals surface area contributed by atoms with Crippen LogP contribution >= 0.6 is 0 Å². The highest BCUT2D eigenvalue weighted by Crippen LogP contribution is 2.37. The molecule has 26 heavy (non-hydrogen) atoms. The number of carbonyl (C=O) groups excluding carboxylic acids is 2. The zero-order chi connectivity index (χ0) is 17.6. The summed E-state index contributed by atoms with van der Waals surface area (Å²) in [5.74, 6) is -0.431. The fourth-order valence-electron chi connectivity index (χ4n) is 4.58. The third kappa shape index (κ3) is 1.43. The van der Waals surface area contributed by atoms with Crippen LogP contribution in [-0.2, 0) is 6.42 Å². The Morgan fingerprint density at radius 2 is 1.96 bits per heavy atom. The Morgan fingerprint density at radius 3 is 2.85 bits per heavy atom. The molecule has 1 unspecified atom stereocenters. The molecule has 3 heterocycles. The fourth-order valence-corrected chi connectivity index (χ4v) is 4.58. The minimum Gasteiger partial charge on any atom is -0.372 e. The van der Waals surface area contributed by atoms with E-state index in [2.05, 4.69) is 22.5 Å². The second kappa shape index (κ2) is 4.43. The van der Waals surface area contributed by atoms with Crippen LogP contribution in [0.15, 0.2) is 36.5 Å². The minimum atomic E-state index is -0.216. The average molecular weight is 341 g/mol. The zero-order valence-electron chi connectivity index (χ0n) is 14.1. The molecular formula is C21H15N3O2. The molecule has 2 aliphatic carbocycles. The fraction of sp³-hybridized carbons (Fsp3) is 0.143. The molecule has 6 rings (SSSR count). The number of benzene rings is 1. The molecule has 1 aromatic carbocycles. The number of hydrogen-bond acceptors (Lipinski definition) is 3. The van der Waals surface area contributed by atoms with Gasteiger partial charge in [-0.2, -0.15) is 0 Å². The van der Waals surface area contributed by atoms with Gasteiger partial charge >= 0.3 is 0 Å². The molecule has 2 N–H and O–H groups in total. The summed E-state index contributed by atoms with van der Waals surface area (Å²) < 4.78 is 0. The molecular weight excluding hydrogens is 326 g/mol. The van der Waals surface area contributed by atoms with Crippen molar-refractivity contribution in [3.05, 3.63) is 63.7 Å². The van der Waals surface area contributed by atoms with Gasteiger partial charge in [0.1, 0.15) is 0 Å². The van der Waals surface area contributed by atoms with E-state index in [1.807, 2.05) is 30.4 Å². The molecule has 1 aromatic heterocycles. The second-order valence-corrected chi connectivity index (χ2v) is 7.06. The van der Waals surface area contributed by atoms with Crippen LogP contribution in [0.1, 0.15) is 26.3 Å². The summed E-state index contributed by atoms with van der Waals surface area (Å²) in [7, 11) is 1.56. The van der Waals surface area contributed by atoms with E-state index >= 15 is 0 Å². The number of aromatic nitrogens is 1. The second-order valence-electron chi connectivity index (χ2n) is 7.06. The van der Waals surface area contributed by atoms with E-state index < -0.39 is 0 Å². The van der Waals surface area contributed by atoms with Gasteiger partial charge in [0.05, 0.1) is 28.4 Å². The number of nitrogens with one attached hydrogen (secondary N) is 2. The first-order valence-electron chi connectivity index (χ1n) is 8.72. The lowest BCUT2D eigenvalue weighted by atomic mass is 9.94. The Balaban J connectivity index is 1.89. The number of amides is 2. The van der Waals surface area contributed by atoms with Crippen molar-refractivity contribution < 1.29 is 9.59 Å². The van der Waals surface area contributed by atoms with E-state index in [9.17, 15) is 9.59 Å². The van der Waals surface area contributed by atoms with Gasteiger partial charge in [-0.15, -0.1) is 0 Å². The molecule has 0 bridgehead atoms. The van der Waals surface area contributed by atoms with Crippen molar-refractivity contribution in [3.63, 3.8) is 0 Å². The number of hydrogen-bond donors (Lipinski definition) is 2. The Bertz CT molecular complexity index is 1290. The zero-order valence-corrected chi connectivity index (χ0v) is 14.1. The smallest absolute Gasteiger partial charge is 0.262 e. The summed E-state index contributed by atoms with van der Waals surface area (Å²) in [6.45, 7) is 0. The summed E-state index contributed by atoms with van der Waals surface area (Å²) >= 11 is 0. The summed E-state index contributed by atoms with van der Waals surface area (Å²) in [5, 5.41) is 6.31. The van der Waals surface area contributed by atoms with Crippen molar-refractivity contribution in [2.45, 2.75) is 12.5 Å². The van der Waals surface area contributed by atoms with Crippen LogP contribution in [0.5, 0.6) is 0 Å². The van der Waals surface area contributed by atoms with Gasteiger partial charge < -0.3 is 10.3 Å². The van der Waals surface area contributed by atoms with Crippen LogP contribution in [0.2, 0.25) is 0 Å². The summed E-state index contributed by atoms with van der Waals surface area (Å²) in [5.41, 5.74) is 5.07. The first-order valence-corrected chi connectivity index (χ1v) is 8.72. The third-order valence-electron chi connectivity index (χ3n) is 5.76. The summed E-state index contributed by atoms with van der Waals surface area (Å²) in [4.78, 5) is 30.7. The maximum Gasteiger partial charge on any atom is 0.262 e. The van der Waals surface area contributed by atoms with Gasteiger partial charge in [-0.1, -0.05) is 36.5 Å². The highest BCUT2D eigenvalue weighted by Gasteiger charge is 2.41. The number of aromatic amines is 1. The molecule has 4 aliphatic rings. The molecule has 0 spiro atoms. The highest BCUT2D eigenvalue weighted by atomic mass is 16.2. The van der Waals surface area contributed by atoms with Crippen LogP contribution in [0.3, 0.4) is 0 Å². The maximum absolute atomic E-state index is 13.0. The largest absolute Gasteiger partial charge is 0.372 e. The van der Waals surface area contributed by atoms with Crippen molar-refractivity contribution in [1.29, 1.82) is 0 Å². The number of allylic oxidation sites excluding steroid dienone is 4. The first kappa shape index (κ1) is 13.9. The van der Waals surface area contributed by atoms with Crippen molar-refractivity contribution in [2.75, 3.05) is 12.4 Å². The topological polar surface area (TPSA) is 65.2 Å². The lowest BCUT2D eigenvalue weighted by Crippen LogP contribution is -2.26. The Labute approximate surface area is 148 Å². The van der Waals surface area contributed by atoms with Crippen LogP contribution in [0, 0.1) is 0 Å². The SMILES string of the molecule is CN1C(=O)c2c(c3c4c([nH]c3c3c2=C2C=CC=CC2N3)=CC=CC4)C1=O. The number of H-pyrrole nitrogens is 1. The van der Waals surface area contributed by atoms with Crippen molar-refractivity contribution in [2.24, 2.45) is 0 Å². The molecule has 0 saturated carbocycles. The molecule has 2 amide bonds. The third-order valence-corrected chi connectivity index (χ3v) is 5.76. The van der Waals surface area contributed by atoms with Gasteiger partial charge in [0, 0.05) is 23.0 Å². The van der Waals surface area contributed by atoms with Gasteiger partial charge in [-0.05, 0) is 23.6 Å². The van der Waals surface area contributed by atoms with E-state index in [1.165, 1.54) is 4.90 Å². The minimum absolute atomic E-state index is 0.0286. The van der Waals surface area contributed by atoms with Crippen molar-refractivity contribution >= 4 is 40.1 Å². The Morgan fingerprint density at radius 1 is 1.12 bits per heavy atom. The number of anilines is 1. The molecule has 5 heteroatoms. The predicted octanol–water partition coefficient (Wildman–Crippen LogP) is 1.36. The average Bonchev–Trinajstić information content (AvgIpc) is 3.29. The van der Waals surface area contributed by atoms with Gasteiger partial charge in [0.25, 0.3) is 11.8 Å². The normalized spacial score (nSPS) is 21.7. The number of carbonyl (C=O) groups is 2. The summed E-state index contributed by atoms with van der Waals surface area (Å²) in [6.07, 6.45) is 15.0.